The zero-order valence-electron chi connectivity index (χ0n) is 9.38. The largest absolute Gasteiger partial charge is 0.481 e. The Morgan fingerprint density at radius 2 is 2.18 bits per heavy atom. The van der Waals surface area contributed by atoms with Crippen LogP contribution in [0.3, 0.4) is 0 Å². The van der Waals surface area contributed by atoms with Crippen molar-refractivity contribution in [3.05, 3.63) is 42.0 Å². The fourth-order valence-electron chi connectivity index (χ4n) is 1.52. The van der Waals surface area contributed by atoms with Crippen molar-refractivity contribution in [1.29, 1.82) is 0 Å². The van der Waals surface area contributed by atoms with Crippen LogP contribution in [0.1, 0.15) is 5.56 Å². The lowest BCUT2D eigenvalue weighted by Gasteiger charge is -2.02. The van der Waals surface area contributed by atoms with Gasteiger partial charge in [0.15, 0.2) is 0 Å². The molecule has 0 fully saturated rings. The van der Waals surface area contributed by atoms with Gasteiger partial charge in [0.1, 0.15) is 0 Å². The molecule has 0 aliphatic heterocycles. The summed E-state index contributed by atoms with van der Waals surface area (Å²) in [6.07, 6.45) is 3.00. The number of hydrogen-bond donors (Lipinski definition) is 1. The summed E-state index contributed by atoms with van der Waals surface area (Å²) in [7, 11) is 1.58. The molecule has 0 saturated heterocycles. The predicted molar refractivity (Wildman–Crippen MR) is 66.5 cm³/mol. The molecule has 1 heterocycles. The number of rotatable bonds is 3. The lowest BCUT2D eigenvalue weighted by atomic mass is 10.1. The van der Waals surface area contributed by atoms with Gasteiger partial charge in [-0.25, -0.2) is 4.98 Å². The van der Waals surface area contributed by atoms with Crippen molar-refractivity contribution in [2.24, 2.45) is 5.73 Å². The summed E-state index contributed by atoms with van der Waals surface area (Å²) in [5.41, 5.74) is 6.79. The van der Waals surface area contributed by atoms with Gasteiger partial charge in [-0.05, 0) is 29.8 Å². The van der Waals surface area contributed by atoms with E-state index in [0.29, 0.717) is 5.88 Å². The first-order chi connectivity index (χ1) is 8.19. The van der Waals surface area contributed by atoms with Gasteiger partial charge in [-0.1, -0.05) is 6.07 Å². The van der Waals surface area contributed by atoms with Gasteiger partial charge < -0.3 is 10.5 Å². The number of benzene rings is 1. The van der Waals surface area contributed by atoms with E-state index in [4.69, 9.17) is 10.5 Å². The van der Waals surface area contributed by atoms with Gasteiger partial charge in [0.05, 0.1) is 12.6 Å². The first-order valence-corrected chi connectivity index (χ1v) is 5.11. The van der Waals surface area contributed by atoms with E-state index in [-0.39, 0.29) is 0 Å². The summed E-state index contributed by atoms with van der Waals surface area (Å²) >= 11 is 0. The van der Waals surface area contributed by atoms with E-state index < -0.39 is 5.91 Å². The van der Waals surface area contributed by atoms with Gasteiger partial charge in [-0.15, -0.1) is 0 Å². The maximum atomic E-state index is 10.6. The second-order valence-electron chi connectivity index (χ2n) is 3.54. The second-order valence-corrected chi connectivity index (χ2v) is 3.54. The molecule has 2 aromatic rings. The Labute approximate surface area is 98.7 Å². The summed E-state index contributed by atoms with van der Waals surface area (Å²) in [6.45, 7) is 0. The summed E-state index contributed by atoms with van der Waals surface area (Å²) < 4.78 is 5.05. The Balaban J connectivity index is 2.41. The molecule has 0 aliphatic rings. The topological polar surface area (TPSA) is 65.2 Å². The molecular formula is C13H12N2O2. The second kappa shape index (κ2) is 4.65. The molecule has 2 N–H and O–H groups in total. The van der Waals surface area contributed by atoms with E-state index in [1.807, 2.05) is 24.3 Å². The van der Waals surface area contributed by atoms with E-state index >= 15 is 0 Å². The van der Waals surface area contributed by atoms with Crippen LogP contribution in [0, 0.1) is 0 Å². The molecule has 4 nitrogen and oxygen atoms in total. The minimum atomic E-state index is -0.460. The lowest BCUT2D eigenvalue weighted by molar-refractivity contribution is -0.113. The zero-order valence-corrected chi connectivity index (χ0v) is 9.38. The SMILES string of the molecule is COc1ccc2cc(C=CC(N)=O)ccc2n1. The molecule has 0 radical (unpaired) electrons. The summed E-state index contributed by atoms with van der Waals surface area (Å²) in [4.78, 5) is 14.9. The molecule has 1 aromatic carbocycles. The van der Waals surface area contributed by atoms with Crippen LogP contribution in [0.4, 0.5) is 0 Å². The maximum absolute atomic E-state index is 10.6. The van der Waals surface area contributed by atoms with Crippen LogP contribution >= 0.6 is 0 Å². The molecule has 17 heavy (non-hydrogen) atoms. The van der Waals surface area contributed by atoms with Gasteiger partial charge in [-0.3, -0.25) is 4.79 Å². The number of primary amides is 1. The fourth-order valence-corrected chi connectivity index (χ4v) is 1.52. The van der Waals surface area contributed by atoms with Crippen molar-refractivity contribution in [3.8, 4) is 5.88 Å². The molecule has 0 atom stereocenters. The van der Waals surface area contributed by atoms with Crippen LogP contribution < -0.4 is 10.5 Å². The van der Waals surface area contributed by atoms with Crippen LogP contribution in [0.5, 0.6) is 5.88 Å². The Kier molecular flexibility index (Phi) is 3.05. The zero-order chi connectivity index (χ0) is 12.3. The molecule has 1 amide bonds. The Morgan fingerprint density at radius 1 is 1.35 bits per heavy atom. The molecule has 86 valence electrons. The molecule has 0 unspecified atom stereocenters. The monoisotopic (exact) mass is 228 g/mol. The van der Waals surface area contributed by atoms with E-state index in [0.717, 1.165) is 16.5 Å². The van der Waals surface area contributed by atoms with Gasteiger partial charge in [0.25, 0.3) is 0 Å². The highest BCUT2D eigenvalue weighted by Crippen LogP contribution is 2.18. The number of amides is 1. The first-order valence-electron chi connectivity index (χ1n) is 5.11. The quantitative estimate of drug-likeness (QED) is 0.814. The Morgan fingerprint density at radius 3 is 2.88 bits per heavy atom. The molecule has 1 aromatic heterocycles. The number of fused-ring (bicyclic) bond motifs is 1. The van der Waals surface area contributed by atoms with Crippen molar-refractivity contribution in [2.75, 3.05) is 7.11 Å². The van der Waals surface area contributed by atoms with Crippen molar-refractivity contribution in [2.45, 2.75) is 0 Å². The number of hydrogen-bond acceptors (Lipinski definition) is 3. The molecule has 0 aliphatic carbocycles. The third-order valence-electron chi connectivity index (χ3n) is 2.34. The van der Waals surface area contributed by atoms with Gasteiger partial charge >= 0.3 is 0 Å². The summed E-state index contributed by atoms with van der Waals surface area (Å²) in [6, 6.07) is 9.39. The number of nitrogens with two attached hydrogens (primary N) is 1. The molecule has 0 saturated carbocycles. The van der Waals surface area contributed by atoms with Crippen LogP contribution in [0.25, 0.3) is 17.0 Å². The molecule has 0 bridgehead atoms. The average Bonchev–Trinajstić information content (AvgIpc) is 2.35. The summed E-state index contributed by atoms with van der Waals surface area (Å²) in [5, 5.41) is 0.984. The Hall–Kier alpha value is -2.36. The number of ether oxygens (including phenoxy) is 1. The molecule has 2 rings (SSSR count). The molecule has 4 heteroatoms. The highest BCUT2D eigenvalue weighted by Gasteiger charge is 1.98. The van der Waals surface area contributed by atoms with Crippen molar-refractivity contribution < 1.29 is 9.53 Å². The fraction of sp³-hybridized carbons (Fsp3) is 0.0769. The van der Waals surface area contributed by atoms with Crippen molar-refractivity contribution in [1.82, 2.24) is 4.98 Å². The first kappa shape index (κ1) is 11.1. The van der Waals surface area contributed by atoms with E-state index in [2.05, 4.69) is 4.98 Å². The average molecular weight is 228 g/mol. The predicted octanol–water partition coefficient (Wildman–Crippen LogP) is 1.74. The van der Waals surface area contributed by atoms with Gasteiger partial charge in [0.2, 0.25) is 11.8 Å². The standard InChI is InChI=1S/C13H12N2O2/c1-17-13-7-4-10-8-9(3-6-12(14)16)2-5-11(10)15-13/h2-8H,1H3,(H2,14,16). The van der Waals surface area contributed by atoms with Gasteiger partial charge in [-0.2, -0.15) is 0 Å². The number of aromatic nitrogens is 1. The van der Waals surface area contributed by atoms with E-state index in [1.165, 1.54) is 6.08 Å². The summed E-state index contributed by atoms with van der Waals surface area (Å²) in [5.74, 6) is 0.121. The van der Waals surface area contributed by atoms with Crippen molar-refractivity contribution >= 4 is 22.9 Å². The number of nitrogens with zero attached hydrogens (tertiary/aromatic N) is 1. The minimum Gasteiger partial charge on any atom is -0.481 e. The lowest BCUT2D eigenvalue weighted by Crippen LogP contribution is -2.05. The third-order valence-corrected chi connectivity index (χ3v) is 2.34. The number of carbonyl (C=O) groups excluding carboxylic acids is 1. The van der Waals surface area contributed by atoms with Crippen molar-refractivity contribution in [3.63, 3.8) is 0 Å². The van der Waals surface area contributed by atoms with E-state index in [1.54, 1.807) is 19.3 Å². The minimum absolute atomic E-state index is 0.460. The number of pyridine rings is 1. The number of carbonyl (C=O) groups is 1. The highest BCUT2D eigenvalue weighted by molar-refractivity contribution is 5.91. The third kappa shape index (κ3) is 2.60. The van der Waals surface area contributed by atoms with Gasteiger partial charge in [0, 0.05) is 17.5 Å². The molecular weight excluding hydrogens is 216 g/mol. The van der Waals surface area contributed by atoms with E-state index in [9.17, 15) is 4.79 Å². The molecule has 0 spiro atoms. The normalized spacial score (nSPS) is 10.9. The van der Waals surface area contributed by atoms with Crippen LogP contribution in [-0.4, -0.2) is 18.0 Å². The van der Waals surface area contributed by atoms with Crippen LogP contribution in [0.15, 0.2) is 36.4 Å². The van der Waals surface area contributed by atoms with Crippen LogP contribution in [0.2, 0.25) is 0 Å². The smallest absolute Gasteiger partial charge is 0.241 e. The maximum Gasteiger partial charge on any atom is 0.241 e. The Bertz CT molecular complexity index is 591. The number of methoxy groups -OCH3 is 1. The highest BCUT2D eigenvalue weighted by atomic mass is 16.5. The van der Waals surface area contributed by atoms with Crippen LogP contribution in [-0.2, 0) is 4.79 Å².